The molecule has 2 aliphatic rings. The second kappa shape index (κ2) is 7.23. The molecule has 1 amide bonds. The van der Waals surface area contributed by atoms with E-state index < -0.39 is 5.60 Å². The Kier molecular flexibility index (Phi) is 4.55. The Labute approximate surface area is 170 Å². The van der Waals surface area contributed by atoms with E-state index in [0.29, 0.717) is 24.0 Å². The van der Waals surface area contributed by atoms with Crippen molar-refractivity contribution >= 4 is 16.9 Å². The maximum absolute atomic E-state index is 13.6. The zero-order valence-electron chi connectivity index (χ0n) is 16.4. The molecule has 0 spiro atoms. The van der Waals surface area contributed by atoms with Crippen molar-refractivity contribution in [1.82, 2.24) is 14.9 Å². The van der Waals surface area contributed by atoms with Crippen LogP contribution >= 0.6 is 0 Å². The minimum absolute atomic E-state index is 0.00288. The average molecular weight is 387 g/mol. The van der Waals surface area contributed by atoms with Gasteiger partial charge in [0.15, 0.2) is 0 Å². The second-order valence-corrected chi connectivity index (χ2v) is 8.23. The van der Waals surface area contributed by atoms with Crippen LogP contribution in [0.3, 0.4) is 0 Å². The van der Waals surface area contributed by atoms with Crippen molar-refractivity contribution in [3.8, 4) is 0 Å². The van der Waals surface area contributed by atoms with Gasteiger partial charge in [0, 0.05) is 30.9 Å². The maximum atomic E-state index is 13.6. The fourth-order valence-corrected chi connectivity index (χ4v) is 5.34. The molecule has 0 radical (unpaired) electrons. The molecule has 1 N–H and O–H groups in total. The lowest BCUT2D eigenvalue weighted by molar-refractivity contribution is -0.110. The number of benzene rings is 2. The van der Waals surface area contributed by atoms with Crippen LogP contribution in [0.1, 0.15) is 48.0 Å². The first kappa shape index (κ1) is 18.3. The summed E-state index contributed by atoms with van der Waals surface area (Å²) >= 11 is 0. The van der Waals surface area contributed by atoms with Crippen LogP contribution in [0.15, 0.2) is 60.9 Å². The van der Waals surface area contributed by atoms with Crippen LogP contribution in [0.25, 0.3) is 11.0 Å². The fourth-order valence-electron chi connectivity index (χ4n) is 5.34. The predicted molar refractivity (Wildman–Crippen MR) is 111 cm³/mol. The smallest absolute Gasteiger partial charge is 0.256 e. The molecule has 5 nitrogen and oxygen atoms in total. The minimum atomic E-state index is -0.873. The summed E-state index contributed by atoms with van der Waals surface area (Å²) in [5.74, 6) is 0.0560. The normalized spacial score (nSPS) is 26.9. The summed E-state index contributed by atoms with van der Waals surface area (Å²) in [6, 6.07) is 15.6. The Morgan fingerprint density at radius 1 is 1.00 bits per heavy atom. The van der Waals surface area contributed by atoms with E-state index in [1.165, 1.54) is 0 Å². The molecule has 1 saturated heterocycles. The third kappa shape index (κ3) is 3.01. The van der Waals surface area contributed by atoms with Gasteiger partial charge in [-0.3, -0.25) is 14.8 Å². The van der Waals surface area contributed by atoms with Gasteiger partial charge in [0.1, 0.15) is 5.52 Å². The van der Waals surface area contributed by atoms with E-state index in [1.807, 2.05) is 53.4 Å². The summed E-state index contributed by atoms with van der Waals surface area (Å²) in [7, 11) is 0. The van der Waals surface area contributed by atoms with Crippen LogP contribution in [-0.4, -0.2) is 38.5 Å². The molecule has 29 heavy (non-hydrogen) atoms. The zero-order chi connectivity index (χ0) is 19.8. The molecule has 2 fully saturated rings. The minimum Gasteiger partial charge on any atom is -0.385 e. The van der Waals surface area contributed by atoms with Crippen molar-refractivity contribution < 1.29 is 9.90 Å². The van der Waals surface area contributed by atoms with Gasteiger partial charge < -0.3 is 10.0 Å². The number of amides is 1. The highest BCUT2D eigenvalue weighted by molar-refractivity contribution is 6.04. The number of likely N-dealkylation sites (tertiary alicyclic amines) is 1. The number of aromatic nitrogens is 2. The van der Waals surface area contributed by atoms with Gasteiger partial charge in [0.05, 0.1) is 16.7 Å². The first-order valence-electron chi connectivity index (χ1n) is 10.5. The first-order chi connectivity index (χ1) is 14.2. The zero-order valence-corrected chi connectivity index (χ0v) is 16.4. The Morgan fingerprint density at radius 3 is 2.66 bits per heavy atom. The number of carbonyl (C=O) groups excluding carboxylic acids is 1. The molecule has 2 heterocycles. The Hall–Kier alpha value is -2.79. The Morgan fingerprint density at radius 2 is 1.79 bits per heavy atom. The number of piperidine rings is 1. The molecule has 3 atom stereocenters. The van der Waals surface area contributed by atoms with E-state index in [2.05, 4.69) is 9.97 Å². The molecule has 1 saturated carbocycles. The fraction of sp³-hybridized carbons (Fsp3) is 0.375. The molecule has 148 valence electrons. The number of carbonyl (C=O) groups is 1. The van der Waals surface area contributed by atoms with Crippen molar-refractivity contribution in [2.24, 2.45) is 5.92 Å². The topological polar surface area (TPSA) is 66.3 Å². The number of hydrogen-bond acceptors (Lipinski definition) is 4. The molecular weight excluding hydrogens is 362 g/mol. The van der Waals surface area contributed by atoms with Gasteiger partial charge in [-0.15, -0.1) is 0 Å². The number of rotatable bonds is 2. The molecule has 2 aromatic carbocycles. The molecule has 5 rings (SSSR count). The van der Waals surface area contributed by atoms with Gasteiger partial charge in [-0.05, 0) is 37.0 Å². The van der Waals surface area contributed by atoms with Gasteiger partial charge in [-0.25, -0.2) is 0 Å². The van der Waals surface area contributed by atoms with Gasteiger partial charge >= 0.3 is 0 Å². The van der Waals surface area contributed by atoms with E-state index in [4.69, 9.17) is 0 Å². The molecule has 1 aliphatic heterocycles. The molecule has 1 aromatic heterocycles. The number of hydrogen-bond donors (Lipinski definition) is 1. The highest BCUT2D eigenvalue weighted by atomic mass is 16.3. The average Bonchev–Trinajstić information content (AvgIpc) is 2.79. The van der Waals surface area contributed by atoms with Gasteiger partial charge in [-0.2, -0.15) is 0 Å². The third-order valence-corrected chi connectivity index (χ3v) is 6.74. The van der Waals surface area contributed by atoms with Crippen molar-refractivity contribution in [3.05, 3.63) is 72.1 Å². The van der Waals surface area contributed by atoms with E-state index in [-0.39, 0.29) is 17.9 Å². The van der Waals surface area contributed by atoms with Crippen molar-refractivity contribution in [2.45, 2.75) is 43.7 Å². The van der Waals surface area contributed by atoms with Crippen LogP contribution in [0.5, 0.6) is 0 Å². The van der Waals surface area contributed by atoms with Crippen LogP contribution in [0.2, 0.25) is 0 Å². The molecule has 0 bridgehead atoms. The number of fused-ring (bicyclic) bond motifs is 2. The van der Waals surface area contributed by atoms with E-state index in [1.54, 1.807) is 12.4 Å². The van der Waals surface area contributed by atoms with E-state index in [9.17, 15) is 9.90 Å². The van der Waals surface area contributed by atoms with Crippen LogP contribution in [-0.2, 0) is 5.60 Å². The van der Waals surface area contributed by atoms with E-state index in [0.717, 1.165) is 36.8 Å². The van der Waals surface area contributed by atoms with E-state index >= 15 is 0 Å². The Balaban J connectivity index is 1.52. The summed E-state index contributed by atoms with van der Waals surface area (Å²) < 4.78 is 0. The summed E-state index contributed by atoms with van der Waals surface area (Å²) in [5, 5.41) is 11.7. The van der Waals surface area contributed by atoms with Crippen molar-refractivity contribution in [3.63, 3.8) is 0 Å². The summed E-state index contributed by atoms with van der Waals surface area (Å²) in [6.45, 7) is 0.544. The van der Waals surface area contributed by atoms with Gasteiger partial charge in [0.25, 0.3) is 5.91 Å². The predicted octanol–water partition coefficient (Wildman–Crippen LogP) is 3.92. The molecule has 1 aliphatic carbocycles. The highest BCUT2D eigenvalue weighted by Crippen LogP contribution is 2.47. The number of nitrogens with zero attached hydrogens (tertiary/aromatic N) is 3. The monoisotopic (exact) mass is 387 g/mol. The lowest BCUT2D eigenvalue weighted by Crippen LogP contribution is -2.59. The molecule has 3 aromatic rings. The summed E-state index contributed by atoms with van der Waals surface area (Å²) in [6.07, 6.45) is 7.89. The van der Waals surface area contributed by atoms with Gasteiger partial charge in [-0.1, -0.05) is 49.2 Å². The second-order valence-electron chi connectivity index (χ2n) is 8.23. The largest absolute Gasteiger partial charge is 0.385 e. The number of para-hydroxylation sites is 1. The molecular formula is C24H25N3O2. The quantitative estimate of drug-likeness (QED) is 0.724. The maximum Gasteiger partial charge on any atom is 0.256 e. The van der Waals surface area contributed by atoms with Crippen LogP contribution in [0, 0.1) is 5.92 Å². The summed E-state index contributed by atoms with van der Waals surface area (Å²) in [4.78, 5) is 24.3. The van der Waals surface area contributed by atoms with Crippen molar-refractivity contribution in [2.75, 3.05) is 6.54 Å². The number of aliphatic hydroxyl groups is 1. The first-order valence-corrected chi connectivity index (χ1v) is 10.5. The Bertz CT molecular complexity index is 1030. The summed E-state index contributed by atoms with van der Waals surface area (Å²) in [5.41, 5.74) is 2.08. The van der Waals surface area contributed by atoms with Crippen LogP contribution < -0.4 is 0 Å². The lowest BCUT2D eigenvalue weighted by atomic mass is 9.66. The highest BCUT2D eigenvalue weighted by Gasteiger charge is 2.50. The molecule has 5 heteroatoms. The van der Waals surface area contributed by atoms with Crippen LogP contribution in [0.4, 0.5) is 0 Å². The van der Waals surface area contributed by atoms with Crippen molar-refractivity contribution in [1.29, 1.82) is 0 Å². The third-order valence-electron chi connectivity index (χ3n) is 6.74. The lowest BCUT2D eigenvalue weighted by Gasteiger charge is -2.52. The SMILES string of the molecule is O=C(c1cccc2nccnc12)N1CCC(O)(c2ccccc2)[C@H]2CCCC[C@@H]21. The van der Waals surface area contributed by atoms with Gasteiger partial charge in [0.2, 0.25) is 0 Å². The standard InChI is InChI=1S/C24H25N3O2/c28-23(18-9-6-11-20-22(18)26-15-14-25-20)27-16-13-24(29,17-7-2-1-3-8-17)19-10-4-5-12-21(19)27/h1-3,6-9,11,14-15,19,21,29H,4-5,10,12-13,16H2/t19-,21-,24?/m0/s1. The molecule has 1 unspecified atom stereocenters.